The van der Waals surface area contributed by atoms with Crippen LogP contribution >= 0.6 is 11.9 Å². The molecule has 0 spiro atoms. The van der Waals surface area contributed by atoms with Crippen molar-refractivity contribution in [1.29, 1.82) is 0 Å². The van der Waals surface area contributed by atoms with E-state index in [1.54, 1.807) is 18.9 Å². The number of aryl methyl sites for hydroxylation is 2. The summed E-state index contributed by atoms with van der Waals surface area (Å²) in [4.78, 5) is 17.3. The summed E-state index contributed by atoms with van der Waals surface area (Å²) < 4.78 is 7.45. The lowest BCUT2D eigenvalue weighted by Gasteiger charge is -2.18. The van der Waals surface area contributed by atoms with Crippen LogP contribution in [-0.2, 0) is 6.42 Å². The van der Waals surface area contributed by atoms with Crippen LogP contribution in [-0.4, -0.2) is 17.4 Å². The van der Waals surface area contributed by atoms with Crippen LogP contribution in [0.3, 0.4) is 0 Å². The Morgan fingerprint density at radius 2 is 2.12 bits per heavy atom. The number of nitrogens with one attached hydrogen (secondary N) is 1. The lowest BCUT2D eigenvalue weighted by molar-refractivity contribution is 0.0996. The number of fused-ring (bicyclic) bond motifs is 1. The van der Waals surface area contributed by atoms with Gasteiger partial charge in [-0.3, -0.25) is 4.79 Å². The van der Waals surface area contributed by atoms with Crippen LogP contribution in [0.5, 0.6) is 0 Å². The molecule has 6 heteroatoms. The number of benzene rings is 2. The van der Waals surface area contributed by atoms with E-state index in [1.165, 1.54) is 23.2 Å². The van der Waals surface area contributed by atoms with Gasteiger partial charge in [-0.25, -0.2) is 4.98 Å². The topological polar surface area (TPSA) is 58.4 Å². The maximum Gasteiger partial charge on any atom is 0.293 e. The minimum absolute atomic E-state index is 0.242. The molecule has 0 atom stereocenters. The first kappa shape index (κ1) is 16.7. The van der Waals surface area contributed by atoms with E-state index in [-0.39, 0.29) is 11.7 Å². The number of carbonyl (C=O) groups excluding carboxylic acids is 1. The van der Waals surface area contributed by atoms with E-state index in [9.17, 15) is 4.79 Å². The monoisotopic (exact) mass is 365 g/mol. The average molecular weight is 365 g/mol. The predicted molar refractivity (Wildman–Crippen MR) is 104 cm³/mol. The smallest absolute Gasteiger partial charge is 0.293 e. The van der Waals surface area contributed by atoms with E-state index >= 15 is 0 Å². The van der Waals surface area contributed by atoms with Gasteiger partial charge in [-0.05, 0) is 62.0 Å². The number of oxazole rings is 1. The fraction of sp³-hybridized carbons (Fsp3) is 0.200. The van der Waals surface area contributed by atoms with Crippen molar-refractivity contribution < 1.29 is 9.21 Å². The molecule has 4 rings (SSSR count). The first-order valence-corrected chi connectivity index (χ1v) is 9.24. The molecule has 1 aliphatic rings. The third kappa shape index (κ3) is 3.32. The minimum atomic E-state index is -0.288. The molecule has 1 aromatic heterocycles. The van der Waals surface area contributed by atoms with Gasteiger partial charge in [-0.1, -0.05) is 23.8 Å². The van der Waals surface area contributed by atoms with Crippen LogP contribution in [0.1, 0.15) is 27.4 Å². The Morgan fingerprint density at radius 1 is 1.23 bits per heavy atom. The number of nitrogens with zero attached hydrogens (tertiary/aromatic N) is 2. The molecule has 1 amide bonds. The van der Waals surface area contributed by atoms with E-state index in [2.05, 4.69) is 39.7 Å². The molecule has 1 aliphatic heterocycles. The molecular weight excluding hydrogens is 346 g/mol. The van der Waals surface area contributed by atoms with Crippen LogP contribution in [0.4, 0.5) is 11.4 Å². The normalized spacial score (nSPS) is 12.9. The number of anilines is 2. The zero-order valence-electron chi connectivity index (χ0n) is 14.7. The van der Waals surface area contributed by atoms with Crippen molar-refractivity contribution in [1.82, 2.24) is 4.98 Å². The van der Waals surface area contributed by atoms with Crippen molar-refractivity contribution in [3.8, 4) is 0 Å². The zero-order valence-corrected chi connectivity index (χ0v) is 15.5. The fourth-order valence-electron chi connectivity index (χ4n) is 3.06. The summed E-state index contributed by atoms with van der Waals surface area (Å²) in [6, 6.07) is 14.4. The number of hydrogen-bond acceptors (Lipinski definition) is 5. The van der Waals surface area contributed by atoms with Gasteiger partial charge in [0.05, 0.1) is 11.4 Å². The van der Waals surface area contributed by atoms with Gasteiger partial charge in [0, 0.05) is 17.1 Å². The summed E-state index contributed by atoms with van der Waals surface area (Å²) in [5.41, 5.74) is 5.27. The third-order valence-electron chi connectivity index (χ3n) is 4.35. The van der Waals surface area contributed by atoms with E-state index in [0.29, 0.717) is 5.69 Å². The van der Waals surface area contributed by atoms with E-state index in [0.717, 1.165) is 23.5 Å². The third-order valence-corrected chi connectivity index (χ3v) is 5.41. The molecule has 1 N–H and O–H groups in total. The van der Waals surface area contributed by atoms with Crippen LogP contribution in [0.15, 0.2) is 58.2 Å². The largest absolute Gasteiger partial charge is 0.438 e. The van der Waals surface area contributed by atoms with Gasteiger partial charge in [0.1, 0.15) is 0 Å². The van der Waals surface area contributed by atoms with Crippen molar-refractivity contribution in [3.05, 3.63) is 71.4 Å². The van der Waals surface area contributed by atoms with Gasteiger partial charge in [-0.15, -0.1) is 0 Å². The van der Waals surface area contributed by atoms with Crippen molar-refractivity contribution in [2.24, 2.45) is 0 Å². The van der Waals surface area contributed by atoms with Crippen LogP contribution in [0, 0.1) is 13.8 Å². The van der Waals surface area contributed by atoms with Gasteiger partial charge in [0.2, 0.25) is 5.76 Å². The molecule has 0 fully saturated rings. The molecule has 3 aromatic rings. The van der Waals surface area contributed by atoms with Gasteiger partial charge in [-0.2, -0.15) is 0 Å². The second kappa shape index (κ2) is 6.88. The molecule has 2 aromatic carbocycles. The van der Waals surface area contributed by atoms with E-state index in [1.807, 2.05) is 24.3 Å². The summed E-state index contributed by atoms with van der Waals surface area (Å²) in [6.07, 6.45) is 2.34. The first-order valence-electron chi connectivity index (χ1n) is 8.47. The Morgan fingerprint density at radius 3 is 2.92 bits per heavy atom. The molecule has 0 bridgehead atoms. The van der Waals surface area contributed by atoms with Crippen molar-refractivity contribution >= 4 is 29.2 Å². The van der Waals surface area contributed by atoms with Crippen LogP contribution in [0.25, 0.3) is 0 Å². The number of carbonyl (C=O) groups is 1. The quantitative estimate of drug-likeness (QED) is 0.684. The van der Waals surface area contributed by atoms with Crippen LogP contribution in [0.2, 0.25) is 0 Å². The van der Waals surface area contributed by atoms with Crippen molar-refractivity contribution in [2.75, 3.05) is 16.2 Å². The molecule has 0 aliphatic carbocycles. The number of aromatic nitrogens is 1. The summed E-state index contributed by atoms with van der Waals surface area (Å²) in [5, 5.41) is 2.87. The Labute approximate surface area is 156 Å². The Balaban J connectivity index is 1.49. The second-order valence-electron chi connectivity index (χ2n) is 6.32. The lowest BCUT2D eigenvalue weighted by Crippen LogP contribution is -2.13. The van der Waals surface area contributed by atoms with Crippen LogP contribution < -0.4 is 9.62 Å². The van der Waals surface area contributed by atoms with Gasteiger partial charge >= 0.3 is 0 Å². The maximum atomic E-state index is 12.3. The molecule has 5 nitrogen and oxygen atoms in total. The summed E-state index contributed by atoms with van der Waals surface area (Å²) in [7, 11) is 0. The lowest BCUT2D eigenvalue weighted by atomic mass is 10.1. The zero-order chi connectivity index (χ0) is 18.1. The number of hydrogen-bond donors (Lipinski definition) is 1. The average Bonchev–Trinajstić information content (AvgIpc) is 3.21. The Bertz CT molecular complexity index is 967. The highest BCUT2D eigenvalue weighted by atomic mass is 32.2. The first-order chi connectivity index (χ1) is 12.6. The number of rotatable bonds is 4. The molecular formula is C20H19N3O2S. The summed E-state index contributed by atoms with van der Waals surface area (Å²) in [6.45, 7) is 4.85. The standard InChI is InChI=1S/C20H19N3O2S/c1-13-6-7-18-15(10-13)8-9-23(18)26-17-5-3-4-16(11-17)22-20(24)19-14(2)21-12-25-19/h3-7,10-12H,8-9H2,1-2H3,(H,22,24). The molecule has 0 saturated carbocycles. The van der Waals surface area contributed by atoms with Crippen molar-refractivity contribution in [3.63, 3.8) is 0 Å². The molecule has 0 unspecified atom stereocenters. The highest BCUT2D eigenvalue weighted by Gasteiger charge is 2.20. The molecule has 0 radical (unpaired) electrons. The minimum Gasteiger partial charge on any atom is -0.438 e. The molecule has 132 valence electrons. The van der Waals surface area contributed by atoms with Gasteiger partial charge in [0.25, 0.3) is 5.91 Å². The Kier molecular flexibility index (Phi) is 4.42. The highest BCUT2D eigenvalue weighted by Crippen LogP contribution is 2.37. The van der Waals surface area contributed by atoms with E-state index in [4.69, 9.17) is 4.42 Å². The number of amides is 1. The van der Waals surface area contributed by atoms with Gasteiger partial charge < -0.3 is 14.0 Å². The summed E-state index contributed by atoms with van der Waals surface area (Å²) in [5.74, 6) is -0.0453. The van der Waals surface area contributed by atoms with Crippen molar-refractivity contribution in [2.45, 2.75) is 25.2 Å². The van der Waals surface area contributed by atoms with Gasteiger partial charge in [0.15, 0.2) is 6.39 Å². The molecule has 0 saturated heterocycles. The predicted octanol–water partition coefficient (Wildman–Crippen LogP) is 4.61. The highest BCUT2D eigenvalue weighted by molar-refractivity contribution is 8.00. The molecule has 26 heavy (non-hydrogen) atoms. The second-order valence-corrected chi connectivity index (χ2v) is 7.42. The fourth-order valence-corrected chi connectivity index (χ4v) is 4.09. The summed E-state index contributed by atoms with van der Waals surface area (Å²) >= 11 is 1.69. The SMILES string of the molecule is Cc1ccc2c(c1)CCN2Sc1cccc(NC(=O)c2ocnc2C)c1. The maximum absolute atomic E-state index is 12.3. The Hall–Kier alpha value is -2.73. The molecule has 2 heterocycles. The van der Waals surface area contributed by atoms with E-state index < -0.39 is 0 Å².